The number of nitrogens with one attached hydrogen (secondary N) is 3. The summed E-state index contributed by atoms with van der Waals surface area (Å²) in [4.78, 5) is 26.7. The molecule has 2 aromatic carbocycles. The zero-order valence-corrected chi connectivity index (χ0v) is 10.9. The molecule has 0 bridgehead atoms. The van der Waals surface area contributed by atoms with Crippen LogP contribution in [0.1, 0.15) is 5.56 Å². The Morgan fingerprint density at radius 3 is 2.48 bits per heavy atom. The first-order valence-electron chi connectivity index (χ1n) is 6.31. The molecule has 1 aromatic heterocycles. The Balaban J connectivity index is 1.73. The van der Waals surface area contributed by atoms with Gasteiger partial charge >= 0.3 is 5.69 Å². The number of hydrogen-bond donors (Lipinski definition) is 3. The van der Waals surface area contributed by atoms with E-state index in [0.29, 0.717) is 6.54 Å². The molecule has 3 rings (SSSR count). The minimum Gasteiger partial charge on any atom is -0.381 e. The van der Waals surface area contributed by atoms with Gasteiger partial charge in [-0.2, -0.15) is 0 Å². The molecule has 0 saturated heterocycles. The highest BCUT2D eigenvalue weighted by atomic mass is 16.6. The molecule has 0 radical (unpaired) electrons. The van der Waals surface area contributed by atoms with Crippen LogP contribution in [0.15, 0.2) is 47.3 Å². The number of aromatic nitrogens is 2. The van der Waals surface area contributed by atoms with Crippen molar-refractivity contribution >= 4 is 22.4 Å². The third kappa shape index (κ3) is 2.76. The van der Waals surface area contributed by atoms with Gasteiger partial charge in [0.2, 0.25) is 0 Å². The predicted molar refractivity (Wildman–Crippen MR) is 79.3 cm³/mol. The molecule has 0 amide bonds. The quantitative estimate of drug-likeness (QED) is 0.505. The zero-order valence-electron chi connectivity index (χ0n) is 10.9. The van der Waals surface area contributed by atoms with Crippen LogP contribution in [0.2, 0.25) is 0 Å². The van der Waals surface area contributed by atoms with Gasteiger partial charge in [-0.1, -0.05) is 12.1 Å². The van der Waals surface area contributed by atoms with Crippen LogP contribution in [-0.4, -0.2) is 14.9 Å². The van der Waals surface area contributed by atoms with Gasteiger partial charge in [0.1, 0.15) is 0 Å². The molecule has 21 heavy (non-hydrogen) atoms. The van der Waals surface area contributed by atoms with Crippen molar-refractivity contribution in [3.63, 3.8) is 0 Å². The molecule has 0 fully saturated rings. The van der Waals surface area contributed by atoms with Crippen LogP contribution in [0, 0.1) is 10.1 Å². The van der Waals surface area contributed by atoms with E-state index in [2.05, 4.69) is 15.3 Å². The fraction of sp³-hybridized carbons (Fsp3) is 0.0714. The van der Waals surface area contributed by atoms with E-state index in [1.54, 1.807) is 12.1 Å². The average Bonchev–Trinajstić information content (AvgIpc) is 2.84. The van der Waals surface area contributed by atoms with Crippen LogP contribution in [0.4, 0.5) is 11.4 Å². The second-order valence-electron chi connectivity index (χ2n) is 4.62. The van der Waals surface area contributed by atoms with Gasteiger partial charge in [-0.3, -0.25) is 10.1 Å². The van der Waals surface area contributed by atoms with E-state index in [4.69, 9.17) is 0 Å². The maximum absolute atomic E-state index is 11.2. The lowest BCUT2D eigenvalue weighted by Gasteiger charge is -2.06. The van der Waals surface area contributed by atoms with Gasteiger partial charge < -0.3 is 15.3 Å². The summed E-state index contributed by atoms with van der Waals surface area (Å²) in [5.74, 6) is 0. The number of aromatic amines is 2. The van der Waals surface area contributed by atoms with Gasteiger partial charge in [-0.25, -0.2) is 4.79 Å². The second-order valence-corrected chi connectivity index (χ2v) is 4.62. The van der Waals surface area contributed by atoms with Gasteiger partial charge in [0.25, 0.3) is 5.69 Å². The third-order valence-electron chi connectivity index (χ3n) is 3.16. The summed E-state index contributed by atoms with van der Waals surface area (Å²) < 4.78 is 0. The molecular formula is C14H12N4O3. The molecule has 1 heterocycles. The van der Waals surface area contributed by atoms with Gasteiger partial charge in [-0.05, 0) is 23.8 Å². The van der Waals surface area contributed by atoms with Crippen LogP contribution in [0.5, 0.6) is 0 Å². The SMILES string of the molecule is O=c1[nH]c2ccc(NCc3ccc([N+](=O)[O-])cc3)cc2[nH]1. The highest BCUT2D eigenvalue weighted by Crippen LogP contribution is 2.17. The van der Waals surface area contributed by atoms with E-state index in [0.717, 1.165) is 22.3 Å². The molecule has 0 atom stereocenters. The third-order valence-corrected chi connectivity index (χ3v) is 3.16. The standard InChI is InChI=1S/C14H12N4O3/c19-14-16-12-6-3-10(7-13(12)17-14)15-8-9-1-4-11(5-2-9)18(20)21/h1-7,15H,8H2,(H2,16,17,19). The fourth-order valence-electron chi connectivity index (χ4n) is 2.08. The van der Waals surface area contributed by atoms with E-state index < -0.39 is 4.92 Å². The fourth-order valence-corrected chi connectivity index (χ4v) is 2.08. The lowest BCUT2D eigenvalue weighted by Crippen LogP contribution is -2.00. The Hall–Kier alpha value is -3.09. The van der Waals surface area contributed by atoms with Crippen molar-refractivity contribution in [2.24, 2.45) is 0 Å². The number of imidazole rings is 1. The molecule has 0 spiro atoms. The molecule has 0 aliphatic carbocycles. The lowest BCUT2D eigenvalue weighted by atomic mass is 10.2. The van der Waals surface area contributed by atoms with E-state index in [-0.39, 0.29) is 11.4 Å². The molecule has 0 saturated carbocycles. The maximum Gasteiger partial charge on any atom is 0.323 e. The van der Waals surface area contributed by atoms with Crippen molar-refractivity contribution in [1.82, 2.24) is 9.97 Å². The average molecular weight is 284 g/mol. The molecule has 106 valence electrons. The second kappa shape index (κ2) is 5.12. The number of fused-ring (bicyclic) bond motifs is 1. The Labute approximate surface area is 118 Å². The minimum absolute atomic E-state index is 0.0741. The van der Waals surface area contributed by atoms with Crippen LogP contribution in [-0.2, 0) is 6.54 Å². The van der Waals surface area contributed by atoms with Crippen molar-refractivity contribution in [1.29, 1.82) is 0 Å². The monoisotopic (exact) mass is 284 g/mol. The number of H-pyrrole nitrogens is 2. The summed E-state index contributed by atoms with van der Waals surface area (Å²) in [5.41, 5.74) is 3.11. The summed E-state index contributed by atoms with van der Waals surface area (Å²) >= 11 is 0. The number of nitro benzene ring substituents is 1. The van der Waals surface area contributed by atoms with E-state index >= 15 is 0 Å². The zero-order chi connectivity index (χ0) is 14.8. The van der Waals surface area contributed by atoms with Crippen molar-refractivity contribution in [3.05, 3.63) is 68.6 Å². The summed E-state index contributed by atoms with van der Waals surface area (Å²) in [6, 6.07) is 11.9. The molecule has 7 nitrogen and oxygen atoms in total. The van der Waals surface area contributed by atoms with Crippen LogP contribution in [0.3, 0.4) is 0 Å². The summed E-state index contributed by atoms with van der Waals surface area (Å²) in [6.45, 7) is 0.540. The molecule has 7 heteroatoms. The molecule has 0 aliphatic heterocycles. The number of nitrogens with zero attached hydrogens (tertiary/aromatic N) is 1. The summed E-state index contributed by atoms with van der Waals surface area (Å²) in [5, 5.41) is 13.8. The Morgan fingerprint density at radius 1 is 1.05 bits per heavy atom. The summed E-state index contributed by atoms with van der Waals surface area (Å²) in [6.07, 6.45) is 0. The van der Waals surface area contributed by atoms with Gasteiger partial charge in [0, 0.05) is 24.4 Å². The number of hydrogen-bond acceptors (Lipinski definition) is 4. The van der Waals surface area contributed by atoms with Gasteiger partial charge in [0.05, 0.1) is 16.0 Å². The first kappa shape index (κ1) is 12.9. The van der Waals surface area contributed by atoms with Crippen LogP contribution >= 0.6 is 0 Å². The van der Waals surface area contributed by atoms with Crippen molar-refractivity contribution < 1.29 is 4.92 Å². The smallest absolute Gasteiger partial charge is 0.323 e. The maximum atomic E-state index is 11.2. The molecular weight excluding hydrogens is 272 g/mol. The largest absolute Gasteiger partial charge is 0.381 e. The minimum atomic E-state index is -0.423. The van der Waals surface area contributed by atoms with E-state index in [1.165, 1.54) is 12.1 Å². The molecule has 0 aliphatic rings. The number of non-ortho nitro benzene ring substituents is 1. The summed E-state index contributed by atoms with van der Waals surface area (Å²) in [7, 11) is 0. The number of benzene rings is 2. The highest BCUT2D eigenvalue weighted by Gasteiger charge is 2.04. The Morgan fingerprint density at radius 2 is 1.76 bits per heavy atom. The lowest BCUT2D eigenvalue weighted by molar-refractivity contribution is -0.384. The number of rotatable bonds is 4. The molecule has 0 unspecified atom stereocenters. The Kier molecular flexibility index (Phi) is 3.15. The first-order chi connectivity index (χ1) is 10.1. The van der Waals surface area contributed by atoms with Crippen LogP contribution < -0.4 is 11.0 Å². The molecule has 3 aromatic rings. The van der Waals surface area contributed by atoms with E-state index in [9.17, 15) is 14.9 Å². The van der Waals surface area contributed by atoms with Gasteiger partial charge in [0.15, 0.2) is 0 Å². The van der Waals surface area contributed by atoms with E-state index in [1.807, 2.05) is 18.2 Å². The van der Waals surface area contributed by atoms with Crippen LogP contribution in [0.25, 0.3) is 11.0 Å². The van der Waals surface area contributed by atoms with Crippen molar-refractivity contribution in [2.45, 2.75) is 6.54 Å². The number of nitro groups is 1. The Bertz CT molecular complexity index is 849. The van der Waals surface area contributed by atoms with Crippen molar-refractivity contribution in [3.8, 4) is 0 Å². The predicted octanol–water partition coefficient (Wildman–Crippen LogP) is 2.38. The first-order valence-corrected chi connectivity index (χ1v) is 6.31. The molecule has 3 N–H and O–H groups in total. The highest BCUT2D eigenvalue weighted by molar-refractivity contribution is 5.78. The van der Waals surface area contributed by atoms with Gasteiger partial charge in [-0.15, -0.1) is 0 Å². The number of anilines is 1. The normalized spacial score (nSPS) is 10.7. The topological polar surface area (TPSA) is 104 Å². The van der Waals surface area contributed by atoms with Crippen molar-refractivity contribution in [2.75, 3.05) is 5.32 Å².